The van der Waals surface area contributed by atoms with E-state index in [4.69, 9.17) is 4.74 Å². The summed E-state index contributed by atoms with van der Waals surface area (Å²) in [6, 6.07) is 4.33. The molecule has 1 heterocycles. The Morgan fingerprint density at radius 1 is 1.44 bits per heavy atom. The van der Waals surface area contributed by atoms with Crippen molar-refractivity contribution in [3.05, 3.63) is 27.7 Å². The lowest BCUT2D eigenvalue weighted by Crippen LogP contribution is -2.27. The molecule has 0 spiro atoms. The summed E-state index contributed by atoms with van der Waals surface area (Å²) in [5.41, 5.74) is 2.61. The van der Waals surface area contributed by atoms with Gasteiger partial charge in [-0.05, 0) is 31.8 Å². The number of halogens is 2. The molecule has 1 aliphatic rings. The van der Waals surface area contributed by atoms with Crippen LogP contribution in [-0.4, -0.2) is 38.7 Å². The summed E-state index contributed by atoms with van der Waals surface area (Å²) < 4.78 is 6.88. The van der Waals surface area contributed by atoms with Crippen LogP contribution in [0.5, 0.6) is 5.75 Å². The third-order valence-electron chi connectivity index (χ3n) is 3.01. The molecule has 5 heteroatoms. The summed E-state index contributed by atoms with van der Waals surface area (Å²) in [6.07, 6.45) is 1.03. The Labute approximate surface area is 123 Å². The van der Waals surface area contributed by atoms with Crippen molar-refractivity contribution in [1.29, 1.82) is 0 Å². The van der Waals surface area contributed by atoms with E-state index in [0.717, 1.165) is 42.9 Å². The molecule has 0 atom stereocenters. The Kier molecular flexibility index (Phi) is 6.43. The van der Waals surface area contributed by atoms with Gasteiger partial charge in [-0.3, -0.25) is 0 Å². The fourth-order valence-corrected chi connectivity index (χ4v) is 2.69. The van der Waals surface area contributed by atoms with Crippen molar-refractivity contribution < 1.29 is 4.74 Å². The highest BCUT2D eigenvalue weighted by Crippen LogP contribution is 2.33. The van der Waals surface area contributed by atoms with Crippen LogP contribution in [0.1, 0.15) is 11.1 Å². The second kappa shape index (κ2) is 7.34. The minimum atomic E-state index is 0. The van der Waals surface area contributed by atoms with Gasteiger partial charge in [0.05, 0.1) is 6.61 Å². The smallest absolute Gasteiger partial charge is 0.127 e. The van der Waals surface area contributed by atoms with Gasteiger partial charge in [-0.1, -0.05) is 15.9 Å². The number of hydrogen-bond acceptors (Lipinski definition) is 3. The Hall–Kier alpha value is -0.290. The average Bonchev–Trinajstić information content (AvgIpc) is 2.74. The van der Waals surface area contributed by atoms with Crippen LogP contribution in [0.3, 0.4) is 0 Å². The zero-order valence-corrected chi connectivity index (χ0v) is 13.2. The molecular weight excluding hydrogens is 316 g/mol. The van der Waals surface area contributed by atoms with E-state index >= 15 is 0 Å². The second-order valence-electron chi connectivity index (χ2n) is 4.49. The van der Waals surface area contributed by atoms with Crippen molar-refractivity contribution in [2.24, 2.45) is 0 Å². The Morgan fingerprint density at radius 3 is 2.94 bits per heavy atom. The minimum Gasteiger partial charge on any atom is -0.493 e. The van der Waals surface area contributed by atoms with Crippen molar-refractivity contribution >= 4 is 28.3 Å². The molecule has 18 heavy (non-hydrogen) atoms. The van der Waals surface area contributed by atoms with Gasteiger partial charge in [0.25, 0.3) is 0 Å². The van der Waals surface area contributed by atoms with E-state index in [1.807, 2.05) is 7.05 Å². The predicted molar refractivity (Wildman–Crippen MR) is 80.8 cm³/mol. The molecule has 0 radical (unpaired) electrons. The zero-order valence-electron chi connectivity index (χ0n) is 10.8. The Bertz CT molecular complexity index is 401. The van der Waals surface area contributed by atoms with Crippen molar-refractivity contribution in [2.75, 3.05) is 33.8 Å². The molecule has 0 unspecified atom stereocenters. The van der Waals surface area contributed by atoms with Gasteiger partial charge in [-0.25, -0.2) is 0 Å². The molecule has 1 aromatic rings. The number of rotatable bonds is 5. The van der Waals surface area contributed by atoms with Gasteiger partial charge < -0.3 is 15.0 Å². The van der Waals surface area contributed by atoms with E-state index in [9.17, 15) is 0 Å². The lowest BCUT2D eigenvalue weighted by Gasteiger charge is -2.18. The summed E-state index contributed by atoms with van der Waals surface area (Å²) >= 11 is 3.57. The molecule has 0 saturated heterocycles. The molecular formula is C13H20BrClN2O. The van der Waals surface area contributed by atoms with Gasteiger partial charge >= 0.3 is 0 Å². The molecule has 0 saturated carbocycles. The predicted octanol–water partition coefficient (Wildman–Crippen LogP) is 2.46. The number of ether oxygens (including phenoxy) is 1. The van der Waals surface area contributed by atoms with Crippen LogP contribution in [-0.2, 0) is 13.0 Å². The van der Waals surface area contributed by atoms with Crippen LogP contribution in [0.15, 0.2) is 16.6 Å². The van der Waals surface area contributed by atoms with Gasteiger partial charge in [0.2, 0.25) is 0 Å². The second-order valence-corrected chi connectivity index (χ2v) is 5.41. The quantitative estimate of drug-likeness (QED) is 0.894. The molecule has 3 nitrogen and oxygen atoms in total. The van der Waals surface area contributed by atoms with Crippen LogP contribution >= 0.6 is 28.3 Å². The molecule has 0 aliphatic carbocycles. The van der Waals surface area contributed by atoms with E-state index < -0.39 is 0 Å². The van der Waals surface area contributed by atoms with Crippen molar-refractivity contribution in [3.63, 3.8) is 0 Å². The highest BCUT2D eigenvalue weighted by atomic mass is 79.9. The molecule has 1 aliphatic heterocycles. The van der Waals surface area contributed by atoms with E-state index in [0.29, 0.717) is 0 Å². The van der Waals surface area contributed by atoms with Gasteiger partial charge in [0, 0.05) is 36.1 Å². The first-order valence-corrected chi connectivity index (χ1v) is 6.77. The van der Waals surface area contributed by atoms with Crippen molar-refractivity contribution in [3.8, 4) is 5.75 Å². The molecule has 0 bridgehead atoms. The molecule has 1 aromatic carbocycles. The van der Waals surface area contributed by atoms with Crippen LogP contribution < -0.4 is 10.1 Å². The van der Waals surface area contributed by atoms with E-state index in [1.165, 1.54) is 11.1 Å². The normalized spacial score (nSPS) is 13.1. The lowest BCUT2D eigenvalue weighted by atomic mass is 10.1. The number of nitrogens with one attached hydrogen (secondary N) is 1. The average molecular weight is 336 g/mol. The third-order valence-corrected chi connectivity index (χ3v) is 3.47. The fourth-order valence-electron chi connectivity index (χ4n) is 2.14. The largest absolute Gasteiger partial charge is 0.493 e. The first-order chi connectivity index (χ1) is 8.20. The van der Waals surface area contributed by atoms with E-state index in [1.54, 1.807) is 0 Å². The van der Waals surface area contributed by atoms with E-state index in [-0.39, 0.29) is 12.4 Å². The fraction of sp³-hybridized carbons (Fsp3) is 0.538. The highest BCUT2D eigenvalue weighted by molar-refractivity contribution is 9.10. The van der Waals surface area contributed by atoms with Crippen LogP contribution in [0.2, 0.25) is 0 Å². The lowest BCUT2D eigenvalue weighted by molar-refractivity contribution is 0.311. The zero-order chi connectivity index (χ0) is 12.3. The molecule has 2 rings (SSSR count). The number of nitrogens with zero attached hydrogens (tertiary/aromatic N) is 1. The summed E-state index contributed by atoms with van der Waals surface area (Å²) in [5.74, 6) is 1.10. The highest BCUT2D eigenvalue weighted by Gasteiger charge is 2.18. The monoisotopic (exact) mass is 334 g/mol. The summed E-state index contributed by atoms with van der Waals surface area (Å²) in [5, 5.41) is 3.17. The Balaban J connectivity index is 0.00000162. The first-order valence-electron chi connectivity index (χ1n) is 5.98. The molecule has 0 fully saturated rings. The number of benzene rings is 1. The maximum Gasteiger partial charge on any atom is 0.127 e. The minimum absolute atomic E-state index is 0. The molecule has 102 valence electrons. The summed E-state index contributed by atoms with van der Waals surface area (Å²) in [7, 11) is 4.12. The summed E-state index contributed by atoms with van der Waals surface area (Å²) in [4.78, 5) is 2.31. The van der Waals surface area contributed by atoms with Gasteiger partial charge in [-0.15, -0.1) is 12.4 Å². The maximum absolute atomic E-state index is 5.73. The van der Waals surface area contributed by atoms with Gasteiger partial charge in [-0.2, -0.15) is 0 Å². The number of hydrogen-bond donors (Lipinski definition) is 1. The molecule has 1 N–H and O–H groups in total. The topological polar surface area (TPSA) is 24.5 Å². The van der Waals surface area contributed by atoms with Crippen molar-refractivity contribution in [1.82, 2.24) is 10.2 Å². The third kappa shape index (κ3) is 3.85. The van der Waals surface area contributed by atoms with Gasteiger partial charge in [0.15, 0.2) is 0 Å². The van der Waals surface area contributed by atoms with Gasteiger partial charge in [0.1, 0.15) is 5.75 Å². The maximum atomic E-state index is 5.73. The number of fused-ring (bicyclic) bond motifs is 1. The van der Waals surface area contributed by atoms with Crippen LogP contribution in [0, 0.1) is 0 Å². The SMILES string of the molecule is CNCCN(C)Cc1cc(Br)cc2c1OCC2.Cl. The number of likely N-dealkylation sites (N-methyl/N-ethyl adjacent to an activating group) is 2. The summed E-state index contributed by atoms with van der Waals surface area (Å²) in [6.45, 7) is 3.80. The Morgan fingerprint density at radius 2 is 2.22 bits per heavy atom. The van der Waals surface area contributed by atoms with E-state index in [2.05, 4.69) is 45.3 Å². The standard InChI is InChI=1S/C13H19BrN2O.ClH/c1-15-4-5-16(2)9-11-8-12(14)7-10-3-6-17-13(10)11;/h7-8,15H,3-6,9H2,1-2H3;1H. The van der Waals surface area contributed by atoms with Crippen LogP contribution in [0.4, 0.5) is 0 Å². The first kappa shape index (κ1) is 15.8. The molecule has 0 amide bonds. The van der Waals surface area contributed by atoms with Crippen LogP contribution in [0.25, 0.3) is 0 Å². The molecule has 0 aromatic heterocycles. The van der Waals surface area contributed by atoms with Crippen molar-refractivity contribution in [2.45, 2.75) is 13.0 Å².